The van der Waals surface area contributed by atoms with Crippen LogP contribution in [0, 0.1) is 5.92 Å². The Morgan fingerprint density at radius 1 is 0.933 bits per heavy atom. The molecule has 0 radical (unpaired) electrons. The number of anilines is 1. The molecule has 30 heavy (non-hydrogen) atoms. The molecular weight excluding hydrogens is 380 g/mol. The van der Waals surface area contributed by atoms with Gasteiger partial charge in [-0.1, -0.05) is 50.2 Å². The van der Waals surface area contributed by atoms with Gasteiger partial charge in [0.15, 0.2) is 0 Å². The van der Waals surface area contributed by atoms with E-state index in [0.717, 1.165) is 0 Å². The van der Waals surface area contributed by atoms with Crippen molar-refractivity contribution in [2.24, 2.45) is 5.92 Å². The van der Waals surface area contributed by atoms with Gasteiger partial charge in [0.1, 0.15) is 0 Å². The highest BCUT2D eigenvalue weighted by Crippen LogP contribution is 2.22. The molecule has 1 aliphatic heterocycles. The lowest BCUT2D eigenvalue weighted by molar-refractivity contribution is -0.142. The maximum atomic E-state index is 13.3. The first-order valence-electron chi connectivity index (χ1n) is 10.3. The van der Waals surface area contributed by atoms with E-state index in [1.54, 1.807) is 17.0 Å². The van der Waals surface area contributed by atoms with Crippen molar-refractivity contribution in [3.8, 4) is 0 Å². The number of ether oxygens (including phenoxy) is 1. The van der Waals surface area contributed by atoms with E-state index in [-0.39, 0.29) is 43.7 Å². The van der Waals surface area contributed by atoms with Crippen LogP contribution in [0.25, 0.3) is 0 Å². The number of rotatable bonds is 9. The van der Waals surface area contributed by atoms with Crippen molar-refractivity contribution >= 4 is 23.4 Å². The van der Waals surface area contributed by atoms with Crippen molar-refractivity contribution in [3.63, 3.8) is 0 Å². The molecule has 1 fully saturated rings. The van der Waals surface area contributed by atoms with E-state index in [2.05, 4.69) is 0 Å². The van der Waals surface area contributed by atoms with Gasteiger partial charge in [0.25, 0.3) is 5.91 Å². The fourth-order valence-corrected chi connectivity index (χ4v) is 3.51. The van der Waals surface area contributed by atoms with Crippen LogP contribution < -0.4 is 4.90 Å². The minimum absolute atomic E-state index is 0.174. The highest BCUT2D eigenvalue weighted by Gasteiger charge is 2.37. The van der Waals surface area contributed by atoms with Gasteiger partial charge >= 0.3 is 0 Å². The topological polar surface area (TPSA) is 66.9 Å². The molecule has 1 heterocycles. The Bertz CT molecular complexity index is 851. The smallest absolute Gasteiger partial charge is 0.258 e. The summed E-state index contributed by atoms with van der Waals surface area (Å²) in [4.78, 5) is 41.1. The summed E-state index contributed by atoms with van der Waals surface area (Å²) in [6.07, 6.45) is 0.412. The van der Waals surface area contributed by atoms with Gasteiger partial charge in [0.05, 0.1) is 12.6 Å². The standard InChI is InChI=1S/C24H28N2O4/c1-18(2)16-30-17-21(26-22(27)13-14-23(26)28)15-25(20-11-7-4-8-12-20)24(29)19-9-5-3-6-10-19/h3-12,18,21H,13-17H2,1-2H3. The first-order chi connectivity index (χ1) is 14.5. The molecule has 3 amide bonds. The van der Waals surface area contributed by atoms with Gasteiger partial charge in [-0.25, -0.2) is 0 Å². The Hall–Kier alpha value is -2.99. The molecule has 6 heteroatoms. The van der Waals surface area contributed by atoms with E-state index in [1.165, 1.54) is 4.90 Å². The Kier molecular flexibility index (Phi) is 7.36. The predicted octanol–water partition coefficient (Wildman–Crippen LogP) is 3.52. The molecule has 0 aromatic heterocycles. The van der Waals surface area contributed by atoms with Gasteiger partial charge in [-0.15, -0.1) is 0 Å². The summed E-state index contributed by atoms with van der Waals surface area (Å²) in [5, 5.41) is 0. The van der Waals surface area contributed by atoms with E-state index < -0.39 is 6.04 Å². The van der Waals surface area contributed by atoms with Crippen LogP contribution >= 0.6 is 0 Å². The summed E-state index contributed by atoms with van der Waals surface area (Å²) in [5.41, 5.74) is 1.25. The Labute approximate surface area is 177 Å². The molecule has 2 aromatic rings. The van der Waals surface area contributed by atoms with Crippen LogP contribution in [0.15, 0.2) is 60.7 Å². The minimum atomic E-state index is -0.542. The maximum Gasteiger partial charge on any atom is 0.258 e. The zero-order valence-electron chi connectivity index (χ0n) is 17.5. The quantitative estimate of drug-likeness (QED) is 0.596. The van der Waals surface area contributed by atoms with Crippen LogP contribution in [0.4, 0.5) is 5.69 Å². The molecular formula is C24H28N2O4. The summed E-state index contributed by atoms with van der Waals surface area (Å²) >= 11 is 0. The van der Waals surface area contributed by atoms with Crippen molar-refractivity contribution in [2.45, 2.75) is 32.7 Å². The fourth-order valence-electron chi connectivity index (χ4n) is 3.51. The van der Waals surface area contributed by atoms with Crippen molar-refractivity contribution in [1.82, 2.24) is 4.90 Å². The first kappa shape index (κ1) is 21.7. The van der Waals surface area contributed by atoms with Gasteiger partial charge in [-0.05, 0) is 30.2 Å². The fraction of sp³-hybridized carbons (Fsp3) is 0.375. The first-order valence-corrected chi connectivity index (χ1v) is 10.3. The molecule has 0 bridgehead atoms. The van der Waals surface area contributed by atoms with Crippen LogP contribution in [0.2, 0.25) is 0 Å². The van der Waals surface area contributed by atoms with Gasteiger partial charge in [0.2, 0.25) is 11.8 Å². The van der Waals surface area contributed by atoms with Crippen LogP contribution in [0.3, 0.4) is 0 Å². The third-order valence-electron chi connectivity index (χ3n) is 4.94. The normalized spacial score (nSPS) is 15.0. The van der Waals surface area contributed by atoms with Crippen molar-refractivity contribution in [1.29, 1.82) is 0 Å². The second kappa shape index (κ2) is 10.2. The lowest BCUT2D eigenvalue weighted by Crippen LogP contribution is -2.50. The van der Waals surface area contributed by atoms with E-state index in [9.17, 15) is 14.4 Å². The summed E-state index contributed by atoms with van der Waals surface area (Å²) in [5.74, 6) is -0.279. The monoisotopic (exact) mass is 408 g/mol. The molecule has 3 rings (SSSR count). The molecule has 0 spiro atoms. The van der Waals surface area contributed by atoms with Gasteiger partial charge < -0.3 is 9.64 Å². The second-order valence-electron chi connectivity index (χ2n) is 7.86. The average Bonchev–Trinajstić information content (AvgIpc) is 3.09. The SMILES string of the molecule is CC(C)COCC(CN(C(=O)c1ccccc1)c1ccccc1)N1C(=O)CCC1=O. The van der Waals surface area contributed by atoms with Crippen LogP contribution in [0.1, 0.15) is 37.0 Å². The van der Waals surface area contributed by atoms with Crippen molar-refractivity contribution in [2.75, 3.05) is 24.7 Å². The number of hydrogen-bond acceptors (Lipinski definition) is 4. The minimum Gasteiger partial charge on any atom is -0.379 e. The Morgan fingerprint density at radius 3 is 2.07 bits per heavy atom. The molecule has 2 aromatic carbocycles. The van der Waals surface area contributed by atoms with E-state index >= 15 is 0 Å². The number of nitrogens with zero attached hydrogens (tertiary/aromatic N) is 2. The molecule has 158 valence electrons. The molecule has 1 saturated heterocycles. The lowest BCUT2D eigenvalue weighted by Gasteiger charge is -2.32. The number of hydrogen-bond donors (Lipinski definition) is 0. The molecule has 0 saturated carbocycles. The largest absolute Gasteiger partial charge is 0.379 e. The van der Waals surface area contributed by atoms with Crippen molar-refractivity contribution in [3.05, 3.63) is 66.2 Å². The van der Waals surface area contributed by atoms with Crippen LogP contribution in [-0.2, 0) is 14.3 Å². The van der Waals surface area contributed by atoms with Crippen LogP contribution in [0.5, 0.6) is 0 Å². The maximum absolute atomic E-state index is 13.3. The molecule has 1 aliphatic rings. The summed E-state index contributed by atoms with van der Waals surface area (Å²) in [7, 11) is 0. The van der Waals surface area contributed by atoms with E-state index in [4.69, 9.17) is 4.74 Å². The molecule has 0 N–H and O–H groups in total. The number of imide groups is 1. The van der Waals surface area contributed by atoms with E-state index in [1.807, 2.05) is 62.4 Å². The highest BCUT2D eigenvalue weighted by atomic mass is 16.5. The zero-order valence-corrected chi connectivity index (χ0v) is 17.5. The second-order valence-corrected chi connectivity index (χ2v) is 7.86. The Balaban J connectivity index is 1.90. The van der Waals surface area contributed by atoms with Gasteiger partial charge in [-0.2, -0.15) is 0 Å². The van der Waals surface area contributed by atoms with Gasteiger partial charge in [0, 0.05) is 37.2 Å². The summed E-state index contributed by atoms with van der Waals surface area (Å²) in [6, 6.07) is 17.7. The lowest BCUT2D eigenvalue weighted by atomic mass is 10.1. The number of likely N-dealkylation sites (tertiary alicyclic amines) is 1. The van der Waals surface area contributed by atoms with E-state index in [0.29, 0.717) is 23.8 Å². The number of amides is 3. The molecule has 6 nitrogen and oxygen atoms in total. The number of carbonyl (C=O) groups is 3. The van der Waals surface area contributed by atoms with Crippen molar-refractivity contribution < 1.29 is 19.1 Å². The predicted molar refractivity (Wildman–Crippen MR) is 115 cm³/mol. The Morgan fingerprint density at radius 2 is 1.50 bits per heavy atom. The van der Waals surface area contributed by atoms with Crippen LogP contribution in [-0.4, -0.2) is 48.4 Å². The summed E-state index contributed by atoms with van der Waals surface area (Å²) in [6.45, 7) is 4.96. The average molecular weight is 408 g/mol. The molecule has 1 unspecified atom stereocenters. The molecule has 0 aliphatic carbocycles. The number of carbonyl (C=O) groups excluding carboxylic acids is 3. The summed E-state index contributed by atoms with van der Waals surface area (Å²) < 4.78 is 5.80. The molecule has 1 atom stereocenters. The highest BCUT2D eigenvalue weighted by molar-refractivity contribution is 6.06. The third kappa shape index (κ3) is 5.33. The number of benzene rings is 2. The number of para-hydroxylation sites is 1. The van der Waals surface area contributed by atoms with Gasteiger partial charge in [-0.3, -0.25) is 19.3 Å². The third-order valence-corrected chi connectivity index (χ3v) is 4.94. The zero-order chi connectivity index (χ0) is 21.5.